The third-order valence-corrected chi connectivity index (χ3v) is 7.39. The lowest BCUT2D eigenvalue weighted by Crippen LogP contribution is -2.47. The average Bonchev–Trinajstić information content (AvgIpc) is 3.30. The molecule has 10 heteroatoms. The molecule has 2 saturated heterocycles. The number of primary sulfonamides is 1. The maximum Gasteiger partial charge on any atom is 0.319 e. The van der Waals surface area contributed by atoms with Gasteiger partial charge in [0.2, 0.25) is 15.9 Å². The number of nitrogens with two attached hydrogens (primary N) is 1. The van der Waals surface area contributed by atoms with Gasteiger partial charge in [-0.2, -0.15) is 0 Å². The fourth-order valence-electron chi connectivity index (χ4n) is 3.37. The topological polar surface area (TPSA) is 113 Å². The van der Waals surface area contributed by atoms with Crippen molar-refractivity contribution in [2.75, 3.05) is 26.2 Å². The van der Waals surface area contributed by atoms with Gasteiger partial charge in [-0.1, -0.05) is 0 Å². The number of nitrogens with one attached hydrogen (secondary N) is 1. The van der Waals surface area contributed by atoms with E-state index in [2.05, 4.69) is 5.32 Å². The van der Waals surface area contributed by atoms with Gasteiger partial charge in [0, 0.05) is 37.0 Å². The molecule has 0 atom stereocenters. The number of nitrogens with zero attached hydrogens (tertiary/aromatic N) is 2. The summed E-state index contributed by atoms with van der Waals surface area (Å²) in [6, 6.07) is 3.20. The number of rotatable bonds is 4. The fourth-order valence-corrected chi connectivity index (χ4v) is 5.08. The lowest BCUT2D eigenvalue weighted by Gasteiger charge is -2.34. The van der Waals surface area contributed by atoms with E-state index in [0.29, 0.717) is 25.9 Å². The molecule has 3 rings (SSSR count). The standard InChI is InChI=1S/C16H24N4O4S2/c17-26(23,24)14-4-3-13(25-14)11-18-15(21)12-5-9-20(10-6-12)16(22)19-7-1-2-8-19/h3-4,12H,1-2,5-11H2,(H,18,21)(H2,17,23,24). The summed E-state index contributed by atoms with van der Waals surface area (Å²) in [5.74, 6) is -0.167. The van der Waals surface area contributed by atoms with Crippen LogP contribution in [0.2, 0.25) is 0 Å². The van der Waals surface area contributed by atoms with E-state index in [9.17, 15) is 18.0 Å². The number of amides is 3. The Kier molecular flexibility index (Phi) is 5.83. The largest absolute Gasteiger partial charge is 0.351 e. The van der Waals surface area contributed by atoms with Crippen LogP contribution >= 0.6 is 11.3 Å². The minimum absolute atomic E-state index is 0.0520. The summed E-state index contributed by atoms with van der Waals surface area (Å²) in [7, 11) is -3.70. The smallest absolute Gasteiger partial charge is 0.319 e. The molecule has 1 aromatic heterocycles. The highest BCUT2D eigenvalue weighted by molar-refractivity contribution is 7.91. The highest BCUT2D eigenvalue weighted by Crippen LogP contribution is 2.22. The van der Waals surface area contributed by atoms with E-state index in [1.165, 1.54) is 6.07 Å². The fraction of sp³-hybridized carbons (Fsp3) is 0.625. The van der Waals surface area contributed by atoms with E-state index in [-0.39, 0.29) is 28.6 Å². The number of hydrogen-bond acceptors (Lipinski definition) is 5. The molecular formula is C16H24N4O4S2. The van der Waals surface area contributed by atoms with Crippen molar-refractivity contribution in [2.45, 2.75) is 36.4 Å². The van der Waals surface area contributed by atoms with Crippen LogP contribution in [0.1, 0.15) is 30.6 Å². The van der Waals surface area contributed by atoms with Crippen molar-refractivity contribution in [1.82, 2.24) is 15.1 Å². The second kappa shape index (κ2) is 7.93. The van der Waals surface area contributed by atoms with Crippen LogP contribution in [0, 0.1) is 5.92 Å². The van der Waals surface area contributed by atoms with E-state index in [0.717, 1.165) is 42.1 Å². The van der Waals surface area contributed by atoms with E-state index in [4.69, 9.17) is 5.14 Å². The van der Waals surface area contributed by atoms with Crippen molar-refractivity contribution in [3.05, 3.63) is 17.0 Å². The third kappa shape index (κ3) is 4.54. The second-order valence-corrected chi connectivity index (χ2v) is 9.68. The molecule has 3 heterocycles. The first kappa shape index (κ1) is 19.1. The zero-order chi connectivity index (χ0) is 18.7. The van der Waals surface area contributed by atoms with Gasteiger partial charge < -0.3 is 15.1 Å². The molecular weight excluding hydrogens is 376 g/mol. The zero-order valence-electron chi connectivity index (χ0n) is 14.5. The third-order valence-electron chi connectivity index (χ3n) is 4.87. The number of urea groups is 1. The van der Waals surface area contributed by atoms with Gasteiger partial charge in [-0.15, -0.1) is 11.3 Å². The lowest BCUT2D eigenvalue weighted by molar-refractivity contribution is -0.126. The first-order chi connectivity index (χ1) is 12.3. The highest BCUT2D eigenvalue weighted by atomic mass is 32.2. The summed E-state index contributed by atoms with van der Waals surface area (Å²) in [5, 5.41) is 7.94. The van der Waals surface area contributed by atoms with Gasteiger partial charge in [0.05, 0.1) is 6.54 Å². The molecule has 1 aromatic rings. The highest BCUT2D eigenvalue weighted by Gasteiger charge is 2.30. The summed E-state index contributed by atoms with van der Waals surface area (Å²) in [4.78, 5) is 29.2. The van der Waals surface area contributed by atoms with Gasteiger partial charge in [0.15, 0.2) is 0 Å². The molecule has 2 aliphatic rings. The molecule has 26 heavy (non-hydrogen) atoms. The SMILES string of the molecule is NS(=O)(=O)c1ccc(CNC(=O)C2CCN(C(=O)N3CCCC3)CC2)s1. The first-order valence-electron chi connectivity index (χ1n) is 8.77. The molecule has 144 valence electrons. The van der Waals surface area contributed by atoms with Crippen molar-refractivity contribution in [2.24, 2.45) is 11.1 Å². The summed E-state index contributed by atoms with van der Waals surface area (Å²) in [6.45, 7) is 3.15. The molecule has 0 aromatic carbocycles. The van der Waals surface area contributed by atoms with Gasteiger partial charge in [0.25, 0.3) is 0 Å². The summed E-state index contributed by atoms with van der Waals surface area (Å²) < 4.78 is 22.6. The van der Waals surface area contributed by atoms with E-state index in [1.54, 1.807) is 6.07 Å². The van der Waals surface area contributed by atoms with Crippen molar-refractivity contribution in [3.63, 3.8) is 0 Å². The number of likely N-dealkylation sites (tertiary alicyclic amines) is 2. The van der Waals surface area contributed by atoms with Crippen LogP contribution in [0.3, 0.4) is 0 Å². The van der Waals surface area contributed by atoms with Gasteiger partial charge >= 0.3 is 6.03 Å². The van der Waals surface area contributed by atoms with Crippen molar-refractivity contribution >= 4 is 33.3 Å². The predicted molar refractivity (Wildman–Crippen MR) is 98.0 cm³/mol. The Labute approximate surface area is 157 Å². The summed E-state index contributed by atoms with van der Waals surface area (Å²) >= 11 is 1.06. The first-order valence-corrected chi connectivity index (χ1v) is 11.1. The normalized spacial score (nSPS) is 19.0. The number of piperidine rings is 1. The number of thiophene rings is 1. The quantitative estimate of drug-likeness (QED) is 0.783. The van der Waals surface area contributed by atoms with Crippen LogP contribution in [0.5, 0.6) is 0 Å². The molecule has 0 bridgehead atoms. The van der Waals surface area contributed by atoms with Gasteiger partial charge in [0.1, 0.15) is 4.21 Å². The van der Waals surface area contributed by atoms with Crippen LogP contribution in [0.4, 0.5) is 4.79 Å². The zero-order valence-corrected chi connectivity index (χ0v) is 16.2. The maximum atomic E-state index is 12.4. The number of carbonyl (C=O) groups excluding carboxylic acids is 2. The van der Waals surface area contributed by atoms with Crippen molar-refractivity contribution in [1.29, 1.82) is 0 Å². The molecule has 3 amide bonds. The predicted octanol–water partition coefficient (Wildman–Crippen LogP) is 0.939. The molecule has 0 saturated carbocycles. The minimum Gasteiger partial charge on any atom is -0.351 e. The van der Waals surface area contributed by atoms with Gasteiger partial charge in [-0.05, 0) is 37.8 Å². The molecule has 3 N–H and O–H groups in total. The number of carbonyl (C=O) groups is 2. The van der Waals surface area contributed by atoms with E-state index in [1.807, 2.05) is 9.80 Å². The summed E-state index contributed by atoms with van der Waals surface area (Å²) in [5.41, 5.74) is 0. The molecule has 0 aliphatic carbocycles. The van der Waals surface area contributed by atoms with Crippen LogP contribution in [-0.2, 0) is 21.4 Å². The monoisotopic (exact) mass is 400 g/mol. The lowest BCUT2D eigenvalue weighted by atomic mass is 9.96. The number of hydrogen-bond donors (Lipinski definition) is 2. The Balaban J connectivity index is 1.45. The van der Waals surface area contributed by atoms with Crippen molar-refractivity contribution in [3.8, 4) is 0 Å². The van der Waals surface area contributed by atoms with Crippen LogP contribution in [0.15, 0.2) is 16.3 Å². The average molecular weight is 401 g/mol. The van der Waals surface area contributed by atoms with Crippen LogP contribution in [0.25, 0.3) is 0 Å². The van der Waals surface area contributed by atoms with E-state index < -0.39 is 10.0 Å². The molecule has 8 nitrogen and oxygen atoms in total. The Hall–Kier alpha value is -1.65. The molecule has 0 spiro atoms. The summed E-state index contributed by atoms with van der Waals surface area (Å²) in [6.07, 6.45) is 3.44. The Bertz CT molecular complexity index is 763. The van der Waals surface area contributed by atoms with Crippen LogP contribution < -0.4 is 10.5 Å². The van der Waals surface area contributed by atoms with E-state index >= 15 is 0 Å². The molecule has 0 unspecified atom stereocenters. The molecule has 2 aliphatic heterocycles. The second-order valence-electron chi connectivity index (χ2n) is 6.72. The van der Waals surface area contributed by atoms with Gasteiger partial charge in [-0.25, -0.2) is 18.4 Å². The Morgan fingerprint density at radius 3 is 2.31 bits per heavy atom. The Morgan fingerprint density at radius 2 is 1.73 bits per heavy atom. The minimum atomic E-state index is -3.70. The number of sulfonamides is 1. The van der Waals surface area contributed by atoms with Crippen LogP contribution in [-0.4, -0.2) is 56.3 Å². The molecule has 0 radical (unpaired) electrons. The van der Waals surface area contributed by atoms with Gasteiger partial charge in [-0.3, -0.25) is 4.79 Å². The Morgan fingerprint density at radius 1 is 1.12 bits per heavy atom. The van der Waals surface area contributed by atoms with Crippen molar-refractivity contribution < 1.29 is 18.0 Å². The molecule has 2 fully saturated rings. The maximum absolute atomic E-state index is 12.4.